The molecule has 1 aliphatic heterocycles. The first-order valence-corrected chi connectivity index (χ1v) is 5.19. The van der Waals surface area contributed by atoms with Gasteiger partial charge in [-0.2, -0.15) is 0 Å². The van der Waals surface area contributed by atoms with Crippen LogP contribution < -0.4 is 5.32 Å². The Bertz CT molecular complexity index is 170. The van der Waals surface area contributed by atoms with Crippen molar-refractivity contribution in [3.05, 3.63) is 0 Å². The zero-order valence-corrected chi connectivity index (χ0v) is 8.51. The van der Waals surface area contributed by atoms with Gasteiger partial charge in [0.2, 0.25) is 0 Å². The first-order chi connectivity index (χ1) is 6.26. The zero-order valence-electron chi connectivity index (χ0n) is 8.51. The number of nitrogens with one attached hydrogen (secondary N) is 1. The van der Waals surface area contributed by atoms with Crippen molar-refractivity contribution in [3.63, 3.8) is 0 Å². The summed E-state index contributed by atoms with van der Waals surface area (Å²) in [5.41, 5.74) is 0. The van der Waals surface area contributed by atoms with Crippen LogP contribution in [0.1, 0.15) is 39.5 Å². The average Bonchev–Trinajstić information content (AvgIpc) is 2.18. The molecule has 1 aliphatic rings. The van der Waals surface area contributed by atoms with E-state index in [0.29, 0.717) is 6.42 Å². The standard InChI is InChI=1S/C10H19NO2/c1-3-8-5-6-11-9(7-8)13-10(12)4-2/h8-9,11H,3-7H2,1-2H3. The van der Waals surface area contributed by atoms with Gasteiger partial charge in [-0.3, -0.25) is 10.1 Å². The topological polar surface area (TPSA) is 38.3 Å². The minimum absolute atomic E-state index is 0.0360. The summed E-state index contributed by atoms with van der Waals surface area (Å²) in [4.78, 5) is 11.0. The molecule has 1 fully saturated rings. The van der Waals surface area contributed by atoms with Gasteiger partial charge in [-0.1, -0.05) is 20.3 Å². The summed E-state index contributed by atoms with van der Waals surface area (Å²) < 4.78 is 5.22. The van der Waals surface area contributed by atoms with Gasteiger partial charge in [-0.05, 0) is 18.9 Å². The van der Waals surface area contributed by atoms with Crippen LogP contribution in [0, 0.1) is 5.92 Å². The van der Waals surface area contributed by atoms with Crippen molar-refractivity contribution < 1.29 is 9.53 Å². The largest absolute Gasteiger partial charge is 0.447 e. The molecule has 0 radical (unpaired) electrons. The highest BCUT2D eigenvalue weighted by Crippen LogP contribution is 2.19. The van der Waals surface area contributed by atoms with Crippen molar-refractivity contribution in [3.8, 4) is 0 Å². The summed E-state index contributed by atoms with van der Waals surface area (Å²) in [5.74, 6) is 0.616. The van der Waals surface area contributed by atoms with E-state index >= 15 is 0 Å². The average molecular weight is 185 g/mol. The lowest BCUT2D eigenvalue weighted by Crippen LogP contribution is -2.41. The monoisotopic (exact) mass is 185 g/mol. The van der Waals surface area contributed by atoms with Crippen LogP contribution in [0.4, 0.5) is 0 Å². The molecule has 3 heteroatoms. The van der Waals surface area contributed by atoms with E-state index in [1.54, 1.807) is 0 Å². The molecule has 0 spiro atoms. The van der Waals surface area contributed by atoms with Gasteiger partial charge < -0.3 is 4.74 Å². The van der Waals surface area contributed by atoms with Crippen molar-refractivity contribution in [1.82, 2.24) is 5.32 Å². The molecule has 0 aliphatic carbocycles. The van der Waals surface area contributed by atoms with E-state index in [0.717, 1.165) is 18.9 Å². The molecule has 2 atom stereocenters. The highest BCUT2D eigenvalue weighted by molar-refractivity contribution is 5.69. The van der Waals surface area contributed by atoms with Gasteiger partial charge in [0, 0.05) is 12.8 Å². The number of hydrogen-bond acceptors (Lipinski definition) is 3. The van der Waals surface area contributed by atoms with Gasteiger partial charge in [-0.15, -0.1) is 0 Å². The zero-order chi connectivity index (χ0) is 9.68. The number of esters is 1. The molecule has 1 N–H and O–H groups in total. The van der Waals surface area contributed by atoms with Crippen LogP contribution in [-0.4, -0.2) is 18.7 Å². The first-order valence-electron chi connectivity index (χ1n) is 5.19. The predicted octanol–water partition coefficient (Wildman–Crippen LogP) is 1.68. The Labute approximate surface area is 79.8 Å². The summed E-state index contributed by atoms with van der Waals surface area (Å²) in [6.45, 7) is 4.98. The second-order valence-corrected chi connectivity index (χ2v) is 3.58. The number of piperidine rings is 1. The van der Waals surface area contributed by atoms with Crippen molar-refractivity contribution >= 4 is 5.97 Å². The fraction of sp³-hybridized carbons (Fsp3) is 0.900. The quantitative estimate of drug-likeness (QED) is 0.680. The van der Waals surface area contributed by atoms with Crippen LogP contribution in [0.5, 0.6) is 0 Å². The summed E-state index contributed by atoms with van der Waals surface area (Å²) in [6.07, 6.45) is 3.79. The molecule has 0 aromatic carbocycles. The molecule has 2 unspecified atom stereocenters. The molecule has 0 aromatic heterocycles. The first kappa shape index (κ1) is 10.5. The Morgan fingerprint density at radius 1 is 1.54 bits per heavy atom. The Morgan fingerprint density at radius 3 is 2.92 bits per heavy atom. The van der Waals surface area contributed by atoms with Crippen LogP contribution in [0.3, 0.4) is 0 Å². The number of hydrogen-bond donors (Lipinski definition) is 1. The second-order valence-electron chi connectivity index (χ2n) is 3.58. The van der Waals surface area contributed by atoms with E-state index in [1.807, 2.05) is 6.92 Å². The lowest BCUT2D eigenvalue weighted by atomic mass is 9.94. The molecule has 1 heterocycles. The van der Waals surface area contributed by atoms with Crippen LogP contribution in [0.15, 0.2) is 0 Å². The number of rotatable bonds is 3. The van der Waals surface area contributed by atoms with Crippen LogP contribution in [0.25, 0.3) is 0 Å². The Hall–Kier alpha value is -0.570. The van der Waals surface area contributed by atoms with Gasteiger partial charge in [0.05, 0.1) is 0 Å². The number of carbonyl (C=O) groups excluding carboxylic acids is 1. The predicted molar refractivity (Wildman–Crippen MR) is 51.2 cm³/mol. The van der Waals surface area contributed by atoms with Gasteiger partial charge in [0.1, 0.15) is 0 Å². The van der Waals surface area contributed by atoms with Gasteiger partial charge >= 0.3 is 5.97 Å². The molecule has 0 saturated carbocycles. The Balaban J connectivity index is 2.29. The summed E-state index contributed by atoms with van der Waals surface area (Å²) in [7, 11) is 0. The van der Waals surface area contributed by atoms with E-state index in [2.05, 4.69) is 12.2 Å². The smallest absolute Gasteiger partial charge is 0.307 e. The third-order valence-electron chi connectivity index (χ3n) is 2.61. The van der Waals surface area contributed by atoms with Crippen LogP contribution in [-0.2, 0) is 9.53 Å². The maximum absolute atomic E-state index is 11.0. The van der Waals surface area contributed by atoms with Crippen molar-refractivity contribution in [1.29, 1.82) is 0 Å². The molecule has 76 valence electrons. The van der Waals surface area contributed by atoms with Gasteiger partial charge in [0.25, 0.3) is 0 Å². The molecule has 1 rings (SSSR count). The molecular weight excluding hydrogens is 166 g/mol. The van der Waals surface area contributed by atoms with E-state index in [9.17, 15) is 4.79 Å². The van der Waals surface area contributed by atoms with E-state index in [-0.39, 0.29) is 12.2 Å². The normalized spacial score (nSPS) is 28.5. The Morgan fingerprint density at radius 2 is 2.31 bits per heavy atom. The molecule has 1 saturated heterocycles. The second kappa shape index (κ2) is 5.22. The lowest BCUT2D eigenvalue weighted by molar-refractivity contribution is -0.152. The maximum atomic E-state index is 11.0. The van der Waals surface area contributed by atoms with Crippen molar-refractivity contribution in [2.45, 2.75) is 45.8 Å². The highest BCUT2D eigenvalue weighted by Gasteiger charge is 2.22. The number of ether oxygens (including phenoxy) is 1. The third kappa shape index (κ3) is 3.35. The molecular formula is C10H19NO2. The third-order valence-corrected chi connectivity index (χ3v) is 2.61. The van der Waals surface area contributed by atoms with Crippen molar-refractivity contribution in [2.24, 2.45) is 5.92 Å². The molecule has 3 nitrogen and oxygen atoms in total. The van der Waals surface area contributed by atoms with E-state index < -0.39 is 0 Å². The Kier molecular flexibility index (Phi) is 4.22. The molecule has 0 amide bonds. The van der Waals surface area contributed by atoms with Crippen LogP contribution in [0.2, 0.25) is 0 Å². The minimum Gasteiger partial charge on any atom is -0.447 e. The number of carbonyl (C=O) groups is 1. The fourth-order valence-electron chi connectivity index (χ4n) is 1.65. The maximum Gasteiger partial charge on any atom is 0.307 e. The highest BCUT2D eigenvalue weighted by atomic mass is 16.6. The summed E-state index contributed by atoms with van der Waals surface area (Å²) in [5, 5.41) is 3.21. The molecule has 0 bridgehead atoms. The fourth-order valence-corrected chi connectivity index (χ4v) is 1.65. The molecule has 13 heavy (non-hydrogen) atoms. The lowest BCUT2D eigenvalue weighted by Gasteiger charge is -2.29. The van der Waals surface area contributed by atoms with Gasteiger partial charge in [0.15, 0.2) is 6.23 Å². The van der Waals surface area contributed by atoms with Gasteiger partial charge in [-0.25, -0.2) is 0 Å². The van der Waals surface area contributed by atoms with E-state index in [1.165, 1.54) is 12.8 Å². The summed E-state index contributed by atoms with van der Waals surface area (Å²) >= 11 is 0. The van der Waals surface area contributed by atoms with E-state index in [4.69, 9.17) is 4.74 Å². The van der Waals surface area contributed by atoms with Crippen molar-refractivity contribution in [2.75, 3.05) is 6.54 Å². The minimum atomic E-state index is -0.103. The SMILES string of the molecule is CCC(=O)OC1CC(CC)CCN1. The van der Waals surface area contributed by atoms with Crippen LogP contribution >= 0.6 is 0 Å². The summed E-state index contributed by atoms with van der Waals surface area (Å²) in [6, 6.07) is 0. The molecule has 0 aromatic rings.